The molecule has 18 heavy (non-hydrogen) atoms. The lowest BCUT2D eigenvalue weighted by Gasteiger charge is -2.35. The summed E-state index contributed by atoms with van der Waals surface area (Å²) in [5.74, 6) is 0.730. The van der Waals surface area contributed by atoms with Crippen LogP contribution in [-0.4, -0.2) is 38.3 Å². The number of benzene rings is 1. The summed E-state index contributed by atoms with van der Waals surface area (Å²) in [5.41, 5.74) is 1.45. The quantitative estimate of drug-likeness (QED) is 0.842. The smallest absolute Gasteiger partial charge is 0.0382 e. The summed E-state index contributed by atoms with van der Waals surface area (Å²) in [6.07, 6.45) is 4.77. The molecule has 1 aromatic carbocycles. The molecule has 0 saturated carbocycles. The lowest BCUT2D eigenvalue weighted by Crippen LogP contribution is -2.38. The third-order valence-electron chi connectivity index (χ3n) is 3.80. The van der Waals surface area contributed by atoms with E-state index in [1.165, 1.54) is 29.8 Å². The predicted molar refractivity (Wildman–Crippen MR) is 80.2 cm³/mol. The summed E-state index contributed by atoms with van der Waals surface area (Å²) >= 11 is 1.81. The highest BCUT2D eigenvalue weighted by Crippen LogP contribution is 2.32. The van der Waals surface area contributed by atoms with Gasteiger partial charge in [0.05, 0.1) is 0 Å². The molecule has 100 valence electrons. The Hall–Kier alpha value is -0.510. The Balaban J connectivity index is 2.17. The van der Waals surface area contributed by atoms with Crippen LogP contribution in [0.2, 0.25) is 0 Å². The van der Waals surface area contributed by atoms with Gasteiger partial charge < -0.3 is 10.2 Å². The van der Waals surface area contributed by atoms with E-state index >= 15 is 0 Å². The van der Waals surface area contributed by atoms with E-state index in [0.717, 1.165) is 12.5 Å². The van der Waals surface area contributed by atoms with Gasteiger partial charge in [0.25, 0.3) is 0 Å². The third kappa shape index (κ3) is 3.28. The van der Waals surface area contributed by atoms with Crippen molar-refractivity contribution in [1.82, 2.24) is 10.2 Å². The van der Waals surface area contributed by atoms with E-state index in [-0.39, 0.29) is 0 Å². The summed E-state index contributed by atoms with van der Waals surface area (Å²) < 4.78 is 0. The highest BCUT2D eigenvalue weighted by atomic mass is 32.2. The molecule has 1 aliphatic heterocycles. The van der Waals surface area contributed by atoms with Crippen LogP contribution in [0.3, 0.4) is 0 Å². The van der Waals surface area contributed by atoms with Crippen LogP contribution < -0.4 is 5.32 Å². The van der Waals surface area contributed by atoms with Gasteiger partial charge in [-0.05, 0) is 69.9 Å². The topological polar surface area (TPSA) is 15.3 Å². The van der Waals surface area contributed by atoms with Gasteiger partial charge >= 0.3 is 0 Å². The Kier molecular flexibility index (Phi) is 5.10. The van der Waals surface area contributed by atoms with Crippen molar-refractivity contribution in [2.75, 3.05) is 33.4 Å². The van der Waals surface area contributed by atoms with E-state index in [9.17, 15) is 0 Å². The average Bonchev–Trinajstić information content (AvgIpc) is 2.40. The second-order valence-corrected chi connectivity index (χ2v) is 6.17. The molecule has 1 saturated heterocycles. The van der Waals surface area contributed by atoms with Crippen LogP contribution in [0.25, 0.3) is 0 Å². The minimum atomic E-state index is 0.536. The van der Waals surface area contributed by atoms with Crippen molar-refractivity contribution in [3.8, 4) is 0 Å². The first-order valence-corrected chi connectivity index (χ1v) is 7.96. The number of nitrogens with zero attached hydrogens (tertiary/aromatic N) is 1. The fraction of sp³-hybridized carbons (Fsp3) is 0.600. The van der Waals surface area contributed by atoms with Crippen molar-refractivity contribution in [3.63, 3.8) is 0 Å². The molecule has 2 nitrogen and oxygen atoms in total. The van der Waals surface area contributed by atoms with Gasteiger partial charge in [0, 0.05) is 10.9 Å². The minimum absolute atomic E-state index is 0.536. The van der Waals surface area contributed by atoms with Crippen LogP contribution in [-0.2, 0) is 0 Å². The summed E-state index contributed by atoms with van der Waals surface area (Å²) in [5, 5.41) is 3.53. The zero-order valence-electron chi connectivity index (χ0n) is 11.6. The second kappa shape index (κ2) is 6.60. The van der Waals surface area contributed by atoms with Gasteiger partial charge in [0.15, 0.2) is 0 Å². The van der Waals surface area contributed by atoms with Crippen LogP contribution in [0, 0.1) is 5.92 Å². The van der Waals surface area contributed by atoms with E-state index in [1.807, 2.05) is 11.8 Å². The SMILES string of the molecule is CSc1ccc(C(C2CCCNC2)N(C)C)cc1. The molecule has 2 atom stereocenters. The van der Waals surface area contributed by atoms with Crippen molar-refractivity contribution in [2.24, 2.45) is 5.92 Å². The van der Waals surface area contributed by atoms with Crippen LogP contribution in [0.15, 0.2) is 29.2 Å². The van der Waals surface area contributed by atoms with E-state index in [0.29, 0.717) is 6.04 Å². The molecule has 2 rings (SSSR count). The Bertz CT molecular complexity index is 355. The number of hydrogen-bond acceptors (Lipinski definition) is 3. The summed E-state index contributed by atoms with van der Waals surface area (Å²) in [4.78, 5) is 3.71. The van der Waals surface area contributed by atoms with Gasteiger partial charge in [-0.25, -0.2) is 0 Å². The molecule has 0 bridgehead atoms. The number of hydrogen-bond donors (Lipinski definition) is 1. The van der Waals surface area contributed by atoms with E-state index < -0.39 is 0 Å². The van der Waals surface area contributed by atoms with Crippen LogP contribution in [0.4, 0.5) is 0 Å². The maximum atomic E-state index is 3.53. The first kappa shape index (κ1) is 13.9. The third-order valence-corrected chi connectivity index (χ3v) is 4.54. The molecule has 1 aromatic rings. The Labute approximate surface area is 115 Å². The summed E-state index contributed by atoms with van der Waals surface area (Å²) in [6.45, 7) is 2.33. The zero-order valence-corrected chi connectivity index (χ0v) is 12.5. The first-order valence-electron chi connectivity index (χ1n) is 6.73. The van der Waals surface area contributed by atoms with Gasteiger partial charge in [0.2, 0.25) is 0 Å². The summed E-state index contributed by atoms with van der Waals surface area (Å²) in [7, 11) is 4.39. The second-order valence-electron chi connectivity index (χ2n) is 5.29. The maximum Gasteiger partial charge on any atom is 0.0382 e. The largest absolute Gasteiger partial charge is 0.316 e. The fourth-order valence-corrected chi connectivity index (χ4v) is 3.35. The van der Waals surface area contributed by atoms with E-state index in [4.69, 9.17) is 0 Å². The van der Waals surface area contributed by atoms with Gasteiger partial charge in [-0.2, -0.15) is 0 Å². The molecule has 0 amide bonds. The van der Waals surface area contributed by atoms with Crippen LogP contribution in [0.1, 0.15) is 24.4 Å². The lowest BCUT2D eigenvalue weighted by atomic mass is 9.86. The fourth-order valence-electron chi connectivity index (χ4n) is 2.94. The number of piperidine rings is 1. The Morgan fingerprint density at radius 1 is 1.28 bits per heavy atom. The molecule has 3 heteroatoms. The molecule has 0 radical (unpaired) electrons. The van der Waals surface area contributed by atoms with E-state index in [2.05, 4.69) is 54.8 Å². The molecule has 0 spiro atoms. The number of rotatable bonds is 4. The van der Waals surface area contributed by atoms with Crippen LogP contribution in [0.5, 0.6) is 0 Å². The highest BCUT2D eigenvalue weighted by Gasteiger charge is 2.26. The van der Waals surface area contributed by atoms with Crippen molar-refractivity contribution < 1.29 is 0 Å². The zero-order chi connectivity index (χ0) is 13.0. The number of nitrogens with one attached hydrogen (secondary N) is 1. The molecular weight excluding hydrogens is 240 g/mol. The van der Waals surface area contributed by atoms with Crippen molar-refractivity contribution in [1.29, 1.82) is 0 Å². The van der Waals surface area contributed by atoms with E-state index in [1.54, 1.807) is 0 Å². The summed E-state index contributed by atoms with van der Waals surface area (Å²) in [6, 6.07) is 9.61. The predicted octanol–water partition coefficient (Wildman–Crippen LogP) is 3.01. The molecule has 0 aliphatic carbocycles. The molecular formula is C15H24N2S. The van der Waals surface area contributed by atoms with Gasteiger partial charge in [-0.3, -0.25) is 0 Å². The standard InChI is InChI=1S/C15H24N2S/c1-17(2)15(13-5-4-10-16-11-13)12-6-8-14(18-3)9-7-12/h6-9,13,15-16H,4-5,10-11H2,1-3H3. The minimum Gasteiger partial charge on any atom is -0.316 e. The molecule has 1 fully saturated rings. The lowest BCUT2D eigenvalue weighted by molar-refractivity contribution is 0.181. The van der Waals surface area contributed by atoms with Gasteiger partial charge in [0.1, 0.15) is 0 Å². The maximum absolute atomic E-state index is 3.53. The van der Waals surface area contributed by atoms with Gasteiger partial charge in [-0.15, -0.1) is 11.8 Å². The van der Waals surface area contributed by atoms with Crippen LogP contribution >= 0.6 is 11.8 Å². The monoisotopic (exact) mass is 264 g/mol. The normalized spacial score (nSPS) is 22.1. The molecule has 2 unspecified atom stereocenters. The molecule has 1 N–H and O–H groups in total. The van der Waals surface area contributed by atoms with Crippen molar-refractivity contribution >= 4 is 11.8 Å². The van der Waals surface area contributed by atoms with Crippen molar-refractivity contribution in [3.05, 3.63) is 29.8 Å². The Morgan fingerprint density at radius 3 is 2.50 bits per heavy atom. The Morgan fingerprint density at radius 2 is 2.00 bits per heavy atom. The molecule has 1 aliphatic rings. The molecule has 1 heterocycles. The van der Waals surface area contributed by atoms with Crippen molar-refractivity contribution in [2.45, 2.75) is 23.8 Å². The number of thioether (sulfide) groups is 1. The molecule has 0 aromatic heterocycles. The highest BCUT2D eigenvalue weighted by molar-refractivity contribution is 7.98. The average molecular weight is 264 g/mol. The van der Waals surface area contributed by atoms with Gasteiger partial charge in [-0.1, -0.05) is 12.1 Å². The first-order chi connectivity index (χ1) is 8.72.